The monoisotopic (exact) mass is 242 g/mol. The zero-order valence-corrected chi connectivity index (χ0v) is 8.03. The van der Waals surface area contributed by atoms with Gasteiger partial charge in [0.2, 0.25) is 0 Å². The van der Waals surface area contributed by atoms with Crippen LogP contribution < -0.4 is 11.3 Å². The number of hydrogen-bond acceptors (Lipinski definition) is 2. The van der Waals surface area contributed by atoms with E-state index >= 15 is 0 Å². The first-order valence-electron chi connectivity index (χ1n) is 3.84. The molecule has 0 aliphatic rings. The average molecular weight is 243 g/mol. The van der Waals surface area contributed by atoms with Gasteiger partial charge < -0.3 is 0 Å². The fourth-order valence-corrected chi connectivity index (χ4v) is 1.32. The Morgan fingerprint density at radius 1 is 1.33 bits per heavy atom. The lowest BCUT2D eigenvalue weighted by Gasteiger charge is -2.20. The fraction of sp³-hybridized carbons (Fsp3) is 0.250. The van der Waals surface area contributed by atoms with Gasteiger partial charge in [-0.05, 0) is 18.2 Å². The molecule has 0 spiro atoms. The van der Waals surface area contributed by atoms with E-state index in [-0.39, 0.29) is 5.02 Å². The molecule has 1 rings (SSSR count). The number of benzene rings is 1. The standard InChI is InChI=1S/C8H7ClF4N2/c9-6-2-1-4(10)3-5(6)7(15-14)8(11,12)13/h1-3,7,15H,14H2. The van der Waals surface area contributed by atoms with Crippen molar-refractivity contribution in [1.29, 1.82) is 0 Å². The Hall–Kier alpha value is -0.850. The van der Waals surface area contributed by atoms with Crippen LogP contribution in [0.15, 0.2) is 18.2 Å². The number of nitrogens with two attached hydrogens (primary N) is 1. The van der Waals surface area contributed by atoms with Crippen LogP contribution >= 0.6 is 11.6 Å². The van der Waals surface area contributed by atoms with Crippen molar-refractivity contribution in [3.05, 3.63) is 34.6 Å². The van der Waals surface area contributed by atoms with Gasteiger partial charge in [0.15, 0.2) is 0 Å². The van der Waals surface area contributed by atoms with Crippen molar-refractivity contribution in [3.63, 3.8) is 0 Å². The third-order valence-corrected chi connectivity index (χ3v) is 2.11. The van der Waals surface area contributed by atoms with Crippen LogP contribution in [0.5, 0.6) is 0 Å². The molecule has 84 valence electrons. The summed E-state index contributed by atoms with van der Waals surface area (Å²) in [5, 5.41) is -0.198. The van der Waals surface area contributed by atoms with E-state index in [1.807, 2.05) is 0 Å². The zero-order valence-electron chi connectivity index (χ0n) is 7.28. The van der Waals surface area contributed by atoms with Gasteiger partial charge in [0.05, 0.1) is 0 Å². The van der Waals surface area contributed by atoms with E-state index < -0.39 is 23.6 Å². The van der Waals surface area contributed by atoms with E-state index in [0.717, 1.165) is 12.1 Å². The van der Waals surface area contributed by atoms with Gasteiger partial charge in [-0.1, -0.05) is 11.6 Å². The first-order valence-corrected chi connectivity index (χ1v) is 4.22. The topological polar surface area (TPSA) is 38.0 Å². The second kappa shape index (κ2) is 4.34. The molecule has 0 bridgehead atoms. The summed E-state index contributed by atoms with van der Waals surface area (Å²) in [5.74, 6) is 3.95. The first kappa shape index (κ1) is 12.2. The van der Waals surface area contributed by atoms with Crippen LogP contribution in [0.25, 0.3) is 0 Å². The Labute approximate surface area is 88.0 Å². The van der Waals surface area contributed by atoms with Gasteiger partial charge in [-0.2, -0.15) is 13.2 Å². The van der Waals surface area contributed by atoms with Crippen molar-refractivity contribution in [1.82, 2.24) is 5.43 Å². The third kappa shape index (κ3) is 2.80. The smallest absolute Gasteiger partial charge is 0.271 e. The second-order valence-corrected chi connectivity index (χ2v) is 3.21. The lowest BCUT2D eigenvalue weighted by Crippen LogP contribution is -2.38. The van der Waals surface area contributed by atoms with E-state index in [1.165, 1.54) is 0 Å². The van der Waals surface area contributed by atoms with E-state index in [1.54, 1.807) is 5.43 Å². The molecular formula is C8H7ClF4N2. The molecule has 0 heterocycles. The summed E-state index contributed by atoms with van der Waals surface area (Å²) in [6.45, 7) is 0. The highest BCUT2D eigenvalue weighted by Crippen LogP contribution is 2.35. The van der Waals surface area contributed by atoms with Gasteiger partial charge in [-0.3, -0.25) is 5.84 Å². The second-order valence-electron chi connectivity index (χ2n) is 2.81. The molecule has 1 aromatic rings. The average Bonchev–Trinajstić information content (AvgIpc) is 2.10. The molecule has 1 atom stereocenters. The third-order valence-electron chi connectivity index (χ3n) is 1.76. The quantitative estimate of drug-likeness (QED) is 0.475. The van der Waals surface area contributed by atoms with Crippen molar-refractivity contribution in [2.45, 2.75) is 12.2 Å². The van der Waals surface area contributed by atoms with Gasteiger partial charge in [-0.25, -0.2) is 9.82 Å². The summed E-state index contributed by atoms with van der Waals surface area (Å²) in [4.78, 5) is 0. The highest BCUT2D eigenvalue weighted by atomic mass is 35.5. The molecule has 2 nitrogen and oxygen atoms in total. The van der Waals surface area contributed by atoms with E-state index in [2.05, 4.69) is 0 Å². The molecule has 7 heteroatoms. The minimum atomic E-state index is -4.63. The van der Waals surface area contributed by atoms with Gasteiger partial charge in [0.1, 0.15) is 11.9 Å². The molecule has 0 saturated carbocycles. The van der Waals surface area contributed by atoms with Crippen molar-refractivity contribution in [2.24, 2.45) is 5.84 Å². The minimum Gasteiger partial charge on any atom is -0.271 e. The van der Waals surface area contributed by atoms with Crippen LogP contribution in [-0.4, -0.2) is 6.18 Å². The van der Waals surface area contributed by atoms with Crippen molar-refractivity contribution in [3.8, 4) is 0 Å². The van der Waals surface area contributed by atoms with Crippen LogP contribution in [0.1, 0.15) is 11.6 Å². The van der Waals surface area contributed by atoms with Gasteiger partial charge in [0, 0.05) is 10.6 Å². The Morgan fingerprint density at radius 2 is 1.93 bits per heavy atom. The number of hydrogen-bond donors (Lipinski definition) is 2. The maximum absolute atomic E-state index is 12.7. The van der Waals surface area contributed by atoms with Gasteiger partial charge >= 0.3 is 6.18 Å². The maximum Gasteiger partial charge on any atom is 0.409 e. The number of halogens is 5. The molecule has 15 heavy (non-hydrogen) atoms. The molecule has 0 aromatic heterocycles. The van der Waals surface area contributed by atoms with Gasteiger partial charge in [-0.15, -0.1) is 0 Å². The van der Waals surface area contributed by atoms with E-state index in [0.29, 0.717) is 6.07 Å². The summed E-state index contributed by atoms with van der Waals surface area (Å²) in [7, 11) is 0. The number of rotatable bonds is 2. The largest absolute Gasteiger partial charge is 0.409 e. The summed E-state index contributed by atoms with van der Waals surface area (Å²) in [6, 6.07) is 0.527. The molecule has 0 saturated heterocycles. The highest BCUT2D eigenvalue weighted by Gasteiger charge is 2.41. The Kier molecular flexibility index (Phi) is 3.54. The Balaban J connectivity index is 3.18. The summed E-state index contributed by atoms with van der Waals surface area (Å²) < 4.78 is 49.9. The lowest BCUT2D eigenvalue weighted by atomic mass is 10.1. The van der Waals surface area contributed by atoms with Gasteiger partial charge in [0.25, 0.3) is 0 Å². The summed E-state index contributed by atoms with van der Waals surface area (Å²) in [5.41, 5.74) is 1.11. The molecule has 1 aromatic carbocycles. The predicted octanol–water partition coefficient (Wildman–Crippen LogP) is 2.55. The number of nitrogens with one attached hydrogen (secondary N) is 1. The fourth-order valence-electron chi connectivity index (χ4n) is 1.10. The van der Waals surface area contributed by atoms with Crippen LogP contribution in [-0.2, 0) is 0 Å². The molecule has 0 fully saturated rings. The van der Waals surface area contributed by atoms with Crippen LogP contribution in [0.4, 0.5) is 17.6 Å². The maximum atomic E-state index is 12.7. The van der Waals surface area contributed by atoms with Crippen LogP contribution in [0.3, 0.4) is 0 Å². The van der Waals surface area contributed by atoms with Crippen molar-refractivity contribution in [2.75, 3.05) is 0 Å². The number of alkyl halides is 3. The molecular weight excluding hydrogens is 236 g/mol. The van der Waals surface area contributed by atoms with E-state index in [9.17, 15) is 17.6 Å². The lowest BCUT2D eigenvalue weighted by molar-refractivity contribution is -0.157. The summed E-state index contributed by atoms with van der Waals surface area (Å²) >= 11 is 5.51. The normalized spacial score (nSPS) is 14.0. The molecule has 1 unspecified atom stereocenters. The molecule has 0 amide bonds. The van der Waals surface area contributed by atoms with E-state index in [4.69, 9.17) is 17.4 Å². The molecule has 0 aliphatic heterocycles. The Bertz CT molecular complexity index is 353. The molecule has 0 aliphatic carbocycles. The predicted molar refractivity (Wildman–Crippen MR) is 47.5 cm³/mol. The van der Waals surface area contributed by atoms with Crippen molar-refractivity contribution < 1.29 is 17.6 Å². The van der Waals surface area contributed by atoms with Crippen molar-refractivity contribution >= 4 is 11.6 Å². The molecule has 3 N–H and O–H groups in total. The number of hydrazine groups is 1. The van der Waals surface area contributed by atoms with Crippen LogP contribution in [0, 0.1) is 5.82 Å². The molecule has 0 radical (unpaired) electrons. The SMILES string of the molecule is NNC(c1cc(F)ccc1Cl)C(F)(F)F. The first-order chi connectivity index (χ1) is 6.86. The summed E-state index contributed by atoms with van der Waals surface area (Å²) in [6.07, 6.45) is -4.63. The van der Waals surface area contributed by atoms with Crippen LogP contribution in [0.2, 0.25) is 5.02 Å². The highest BCUT2D eigenvalue weighted by molar-refractivity contribution is 6.31. The Morgan fingerprint density at radius 3 is 2.40 bits per heavy atom. The minimum absolute atomic E-state index is 0.198. The zero-order chi connectivity index (χ0) is 11.6.